The molecule has 2 aromatic carbocycles. The summed E-state index contributed by atoms with van der Waals surface area (Å²) in [6.45, 7) is 5.22. The number of pyridine rings is 1. The van der Waals surface area contributed by atoms with E-state index >= 15 is 0 Å². The molecular formula is C28H27N5O4. The van der Waals surface area contributed by atoms with Gasteiger partial charge in [-0.2, -0.15) is 0 Å². The number of carbonyl (C=O) groups excluding carboxylic acids is 2. The first-order valence-electron chi connectivity index (χ1n) is 12.1. The van der Waals surface area contributed by atoms with Crippen molar-refractivity contribution in [1.82, 2.24) is 15.5 Å². The molecule has 0 bridgehead atoms. The number of rotatable bonds is 7. The summed E-state index contributed by atoms with van der Waals surface area (Å²) < 4.78 is 10.7. The maximum Gasteiger partial charge on any atom is 0.290 e. The second-order valence-electron chi connectivity index (χ2n) is 8.75. The van der Waals surface area contributed by atoms with Gasteiger partial charge in [-0.05, 0) is 54.4 Å². The molecule has 2 aromatic heterocycles. The van der Waals surface area contributed by atoms with E-state index in [0.29, 0.717) is 36.7 Å². The summed E-state index contributed by atoms with van der Waals surface area (Å²) in [6.07, 6.45) is 3.36. The fourth-order valence-electron chi connectivity index (χ4n) is 4.13. The maximum absolute atomic E-state index is 13.0. The molecule has 1 aliphatic rings. The molecule has 3 heterocycles. The van der Waals surface area contributed by atoms with Crippen LogP contribution in [-0.2, 0) is 11.3 Å². The number of nitrogens with zero attached hydrogens (tertiary/aromatic N) is 3. The predicted molar refractivity (Wildman–Crippen MR) is 140 cm³/mol. The Labute approximate surface area is 214 Å². The number of aryl methyl sites for hydroxylation is 1. The van der Waals surface area contributed by atoms with Gasteiger partial charge < -0.3 is 24.8 Å². The summed E-state index contributed by atoms with van der Waals surface area (Å²) in [5, 5.41) is 9.85. The molecule has 0 saturated carbocycles. The van der Waals surface area contributed by atoms with Crippen molar-refractivity contribution in [1.29, 1.82) is 0 Å². The second-order valence-corrected chi connectivity index (χ2v) is 8.75. The minimum absolute atomic E-state index is 0.104. The van der Waals surface area contributed by atoms with Gasteiger partial charge >= 0.3 is 0 Å². The Morgan fingerprint density at radius 1 is 1.00 bits per heavy atom. The number of hydrogen-bond acceptors (Lipinski definition) is 7. The monoisotopic (exact) mass is 497 g/mol. The van der Waals surface area contributed by atoms with Crippen molar-refractivity contribution in [2.45, 2.75) is 13.5 Å². The highest BCUT2D eigenvalue weighted by Gasteiger charge is 2.17. The summed E-state index contributed by atoms with van der Waals surface area (Å²) >= 11 is 0. The highest BCUT2D eigenvalue weighted by atomic mass is 16.5. The lowest BCUT2D eigenvalue weighted by molar-refractivity contribution is 0.0913. The van der Waals surface area contributed by atoms with Crippen molar-refractivity contribution < 1.29 is 18.8 Å². The SMILES string of the molecule is Cc1ccc(NC(=O)c2cccc(N3CCOCC3)c2)cc1-c1cc(C(=O)NCc2cccnc2)on1. The number of carbonyl (C=O) groups is 2. The average molecular weight is 498 g/mol. The fourth-order valence-corrected chi connectivity index (χ4v) is 4.13. The molecule has 188 valence electrons. The number of amides is 2. The Hall–Kier alpha value is -4.50. The fraction of sp³-hybridized carbons (Fsp3) is 0.214. The summed E-state index contributed by atoms with van der Waals surface area (Å²) in [5.41, 5.74) is 5.27. The molecule has 0 unspecified atom stereocenters. The molecule has 1 saturated heterocycles. The zero-order valence-electron chi connectivity index (χ0n) is 20.4. The van der Waals surface area contributed by atoms with Crippen LogP contribution in [0.5, 0.6) is 0 Å². The molecule has 4 aromatic rings. The van der Waals surface area contributed by atoms with Crippen LogP contribution < -0.4 is 15.5 Å². The van der Waals surface area contributed by atoms with Gasteiger partial charge in [0, 0.05) is 60.6 Å². The van der Waals surface area contributed by atoms with E-state index in [-0.39, 0.29) is 17.6 Å². The summed E-state index contributed by atoms with van der Waals surface area (Å²) in [4.78, 5) is 31.8. The van der Waals surface area contributed by atoms with E-state index in [9.17, 15) is 9.59 Å². The van der Waals surface area contributed by atoms with Crippen LogP contribution in [0.1, 0.15) is 32.0 Å². The van der Waals surface area contributed by atoms with E-state index in [1.54, 1.807) is 24.5 Å². The Bertz CT molecular complexity index is 1400. The van der Waals surface area contributed by atoms with Crippen LogP contribution in [-0.4, -0.2) is 48.3 Å². The van der Waals surface area contributed by atoms with Gasteiger partial charge in [0.1, 0.15) is 5.69 Å². The van der Waals surface area contributed by atoms with E-state index in [0.717, 1.165) is 35.5 Å². The van der Waals surface area contributed by atoms with Gasteiger partial charge in [0.25, 0.3) is 11.8 Å². The maximum atomic E-state index is 13.0. The van der Waals surface area contributed by atoms with Gasteiger partial charge in [-0.25, -0.2) is 0 Å². The average Bonchev–Trinajstić information content (AvgIpc) is 3.44. The van der Waals surface area contributed by atoms with Gasteiger partial charge in [-0.15, -0.1) is 0 Å². The molecule has 1 fully saturated rings. The van der Waals surface area contributed by atoms with Crippen LogP contribution in [0.15, 0.2) is 77.6 Å². The van der Waals surface area contributed by atoms with E-state index in [1.807, 2.05) is 55.5 Å². The van der Waals surface area contributed by atoms with E-state index in [1.165, 1.54) is 0 Å². The smallest absolute Gasteiger partial charge is 0.290 e. The van der Waals surface area contributed by atoms with Gasteiger partial charge in [-0.1, -0.05) is 23.4 Å². The third-order valence-corrected chi connectivity index (χ3v) is 6.17. The molecule has 0 aliphatic carbocycles. The largest absolute Gasteiger partial charge is 0.378 e. The number of ether oxygens (including phenoxy) is 1. The lowest BCUT2D eigenvalue weighted by Crippen LogP contribution is -2.36. The Balaban J connectivity index is 1.27. The number of nitrogens with one attached hydrogen (secondary N) is 2. The van der Waals surface area contributed by atoms with Crippen LogP contribution in [0.3, 0.4) is 0 Å². The molecule has 37 heavy (non-hydrogen) atoms. The van der Waals surface area contributed by atoms with Crippen molar-refractivity contribution in [2.75, 3.05) is 36.5 Å². The Morgan fingerprint density at radius 2 is 1.86 bits per heavy atom. The number of anilines is 2. The Morgan fingerprint density at radius 3 is 2.68 bits per heavy atom. The first-order valence-corrected chi connectivity index (χ1v) is 12.1. The van der Waals surface area contributed by atoms with Gasteiger partial charge in [-0.3, -0.25) is 14.6 Å². The van der Waals surface area contributed by atoms with Crippen LogP contribution in [0.25, 0.3) is 11.3 Å². The van der Waals surface area contributed by atoms with Crippen LogP contribution in [0, 0.1) is 6.92 Å². The number of morpholine rings is 1. The standard InChI is InChI=1S/C28H27N5O4/c1-19-7-8-22(31-27(34)21-5-2-6-23(14-21)33-10-12-36-13-11-33)15-24(19)25-16-26(37-32-25)28(35)30-18-20-4-3-9-29-17-20/h2-9,14-17H,10-13,18H2,1H3,(H,30,35)(H,31,34). The van der Waals surface area contributed by atoms with Gasteiger partial charge in [0.05, 0.1) is 13.2 Å². The van der Waals surface area contributed by atoms with Crippen molar-refractivity contribution in [3.8, 4) is 11.3 Å². The van der Waals surface area contributed by atoms with Gasteiger partial charge in [0.15, 0.2) is 0 Å². The summed E-state index contributed by atoms with van der Waals surface area (Å²) in [7, 11) is 0. The first kappa shape index (κ1) is 24.2. The minimum atomic E-state index is -0.370. The van der Waals surface area contributed by atoms with E-state index in [4.69, 9.17) is 9.26 Å². The topological polar surface area (TPSA) is 110 Å². The molecule has 9 nitrogen and oxygen atoms in total. The zero-order chi connectivity index (χ0) is 25.6. The molecule has 1 aliphatic heterocycles. The van der Waals surface area contributed by atoms with Crippen LogP contribution >= 0.6 is 0 Å². The lowest BCUT2D eigenvalue weighted by atomic mass is 10.0. The molecule has 2 N–H and O–H groups in total. The number of hydrogen-bond donors (Lipinski definition) is 2. The van der Waals surface area contributed by atoms with Crippen molar-refractivity contribution >= 4 is 23.2 Å². The van der Waals surface area contributed by atoms with Crippen LogP contribution in [0.4, 0.5) is 11.4 Å². The predicted octanol–water partition coefficient (Wildman–Crippen LogP) is 4.06. The molecule has 0 radical (unpaired) electrons. The molecule has 5 rings (SSSR count). The molecule has 0 spiro atoms. The van der Waals surface area contributed by atoms with Crippen molar-refractivity contribution in [2.24, 2.45) is 0 Å². The molecule has 9 heteroatoms. The highest BCUT2D eigenvalue weighted by molar-refractivity contribution is 6.05. The second kappa shape index (κ2) is 11.0. The Kier molecular flexibility index (Phi) is 7.23. The van der Waals surface area contributed by atoms with E-state index < -0.39 is 0 Å². The molecular weight excluding hydrogens is 470 g/mol. The lowest BCUT2D eigenvalue weighted by Gasteiger charge is -2.29. The minimum Gasteiger partial charge on any atom is -0.378 e. The van der Waals surface area contributed by atoms with Crippen molar-refractivity contribution in [3.05, 3.63) is 95.5 Å². The summed E-state index contributed by atoms with van der Waals surface area (Å²) in [5.74, 6) is -0.474. The summed E-state index contributed by atoms with van der Waals surface area (Å²) in [6, 6.07) is 18.4. The highest BCUT2D eigenvalue weighted by Crippen LogP contribution is 2.27. The van der Waals surface area contributed by atoms with E-state index in [2.05, 4.69) is 25.7 Å². The molecule has 0 atom stereocenters. The van der Waals surface area contributed by atoms with Gasteiger partial charge in [0.2, 0.25) is 5.76 Å². The van der Waals surface area contributed by atoms with Crippen LogP contribution in [0.2, 0.25) is 0 Å². The number of benzene rings is 2. The zero-order valence-corrected chi connectivity index (χ0v) is 20.4. The normalized spacial score (nSPS) is 13.3. The first-order chi connectivity index (χ1) is 18.1. The number of aromatic nitrogens is 2. The van der Waals surface area contributed by atoms with Crippen molar-refractivity contribution in [3.63, 3.8) is 0 Å². The third kappa shape index (κ3) is 5.84. The molecule has 2 amide bonds. The third-order valence-electron chi connectivity index (χ3n) is 6.17. The quantitative estimate of drug-likeness (QED) is 0.396.